The van der Waals surface area contributed by atoms with Gasteiger partial charge in [-0.15, -0.1) is 0 Å². The normalized spacial score (nSPS) is 13.8. The van der Waals surface area contributed by atoms with E-state index >= 15 is 0 Å². The highest BCUT2D eigenvalue weighted by Gasteiger charge is 2.24. The number of carbonyl (C=O) groups is 2. The Morgan fingerprint density at radius 1 is 0.500 bits per heavy atom. The van der Waals surface area contributed by atoms with E-state index in [9.17, 15) is 19.8 Å². The van der Waals surface area contributed by atoms with Crippen molar-refractivity contribution in [1.29, 1.82) is 0 Å². The highest BCUT2D eigenvalue weighted by Crippen LogP contribution is 2.17. The number of rotatable bonds is 46. The summed E-state index contributed by atoms with van der Waals surface area (Å²) in [6, 6.07) is -0.721. The molecule has 0 heterocycles. The topological polar surface area (TPSA) is 95.9 Å². The number of nitrogens with one attached hydrogen (secondary N) is 1. The van der Waals surface area contributed by atoms with E-state index in [-0.39, 0.29) is 24.9 Å². The van der Waals surface area contributed by atoms with Gasteiger partial charge in [0, 0.05) is 6.42 Å². The number of ether oxygens (including phenoxy) is 1. The molecule has 0 aliphatic heterocycles. The van der Waals surface area contributed by atoms with Crippen LogP contribution < -0.4 is 5.32 Å². The van der Waals surface area contributed by atoms with Crippen LogP contribution in [0.2, 0.25) is 0 Å². The van der Waals surface area contributed by atoms with Crippen LogP contribution in [0.15, 0.2) is 72.9 Å². The Labute approximate surface area is 383 Å². The molecule has 0 fully saturated rings. The SMILES string of the molecule is CC/C=C/C=C/C=C\CCCCCCCC(=O)OC(CCCC/C=C\C/C=C\C/C=C\CCCCC)CC(=O)NC(CO)C(O)CCCCCCCCCCCCCCCCC. The lowest BCUT2D eigenvalue weighted by Crippen LogP contribution is -2.46. The van der Waals surface area contributed by atoms with Crippen LogP contribution in [0.1, 0.15) is 245 Å². The number of amides is 1. The van der Waals surface area contributed by atoms with Crippen molar-refractivity contribution in [3.63, 3.8) is 0 Å². The Kier molecular flexibility index (Phi) is 47.2. The summed E-state index contributed by atoms with van der Waals surface area (Å²) in [6.07, 6.45) is 62.4. The van der Waals surface area contributed by atoms with Crippen molar-refractivity contribution in [2.75, 3.05) is 6.61 Å². The molecule has 0 bridgehead atoms. The maximum absolute atomic E-state index is 13.2. The number of carbonyl (C=O) groups excluding carboxylic acids is 2. The fourth-order valence-electron chi connectivity index (χ4n) is 7.61. The minimum atomic E-state index is -0.804. The summed E-state index contributed by atoms with van der Waals surface area (Å²) in [5, 5.41) is 23.8. The lowest BCUT2D eigenvalue weighted by atomic mass is 10.0. The molecule has 3 N–H and O–H groups in total. The summed E-state index contributed by atoms with van der Waals surface area (Å²) in [7, 11) is 0. The van der Waals surface area contributed by atoms with Gasteiger partial charge in [0.2, 0.25) is 5.91 Å². The molecule has 3 atom stereocenters. The summed E-state index contributed by atoms with van der Waals surface area (Å²) in [4.78, 5) is 26.1. The molecular weight excluding hydrogens is 767 g/mol. The predicted molar refractivity (Wildman–Crippen MR) is 268 cm³/mol. The van der Waals surface area contributed by atoms with Crippen molar-refractivity contribution >= 4 is 11.9 Å². The van der Waals surface area contributed by atoms with E-state index < -0.39 is 18.2 Å². The Balaban J connectivity index is 4.66. The molecule has 0 radical (unpaired) electrons. The smallest absolute Gasteiger partial charge is 0.306 e. The molecule has 358 valence electrons. The predicted octanol–water partition coefficient (Wildman–Crippen LogP) is 15.8. The summed E-state index contributed by atoms with van der Waals surface area (Å²) < 4.78 is 5.91. The van der Waals surface area contributed by atoms with E-state index in [1.54, 1.807) is 0 Å². The molecule has 6 nitrogen and oxygen atoms in total. The van der Waals surface area contributed by atoms with Crippen LogP contribution in [0.5, 0.6) is 0 Å². The van der Waals surface area contributed by atoms with Crippen molar-refractivity contribution < 1.29 is 24.5 Å². The van der Waals surface area contributed by atoms with Gasteiger partial charge in [0.25, 0.3) is 0 Å². The maximum Gasteiger partial charge on any atom is 0.306 e. The highest BCUT2D eigenvalue weighted by atomic mass is 16.5. The van der Waals surface area contributed by atoms with E-state index in [4.69, 9.17) is 4.74 Å². The summed E-state index contributed by atoms with van der Waals surface area (Å²) in [5.74, 6) is -0.536. The van der Waals surface area contributed by atoms with E-state index in [2.05, 4.69) is 99.0 Å². The second kappa shape index (κ2) is 49.3. The number of unbranched alkanes of at least 4 members (excludes halogenated alkanes) is 24. The van der Waals surface area contributed by atoms with Gasteiger partial charge in [0.05, 0.1) is 25.2 Å². The third kappa shape index (κ3) is 43.9. The standard InChI is InChI=1S/C56H99NO5/c1-4-7-10-13-16-19-22-25-27-30-32-35-38-41-44-47-52(62-56(61)49-46-43-40-37-34-29-24-21-18-15-12-9-6-3)50-55(60)57-53(51-58)54(59)48-45-42-39-36-33-31-28-26-23-20-17-14-11-8-5-2/h9,12,15-16,18-19,21,24-25,27,32,35,52-54,58-59H,4-8,10-11,13-14,17,20,22-23,26,28-31,33-34,36-51H2,1-3H3,(H,57,60)/b12-9+,18-15+,19-16-,24-21-,27-25-,35-32-. The summed E-state index contributed by atoms with van der Waals surface area (Å²) >= 11 is 0. The minimum absolute atomic E-state index is 0.0409. The van der Waals surface area contributed by atoms with Crippen LogP contribution in [0.25, 0.3) is 0 Å². The second-order valence-corrected chi connectivity index (χ2v) is 17.6. The van der Waals surface area contributed by atoms with Crippen molar-refractivity contribution in [3.8, 4) is 0 Å². The molecule has 0 saturated carbocycles. The lowest BCUT2D eigenvalue weighted by molar-refractivity contribution is -0.151. The fourth-order valence-corrected chi connectivity index (χ4v) is 7.61. The zero-order valence-electron chi connectivity index (χ0n) is 40.7. The van der Waals surface area contributed by atoms with Gasteiger partial charge in [-0.05, 0) is 83.5 Å². The average molecular weight is 866 g/mol. The molecule has 0 aromatic heterocycles. The molecule has 62 heavy (non-hydrogen) atoms. The van der Waals surface area contributed by atoms with Gasteiger partial charge in [-0.1, -0.05) is 222 Å². The number of allylic oxidation sites excluding steroid dienone is 12. The van der Waals surface area contributed by atoms with Gasteiger partial charge in [0.15, 0.2) is 0 Å². The third-order valence-corrected chi connectivity index (χ3v) is 11.6. The first-order valence-electron chi connectivity index (χ1n) is 26.2. The Morgan fingerprint density at radius 3 is 1.50 bits per heavy atom. The van der Waals surface area contributed by atoms with Crippen molar-refractivity contribution in [2.24, 2.45) is 0 Å². The van der Waals surface area contributed by atoms with Crippen LogP contribution in [0.4, 0.5) is 0 Å². The molecule has 0 spiro atoms. The van der Waals surface area contributed by atoms with E-state index in [0.717, 1.165) is 96.3 Å². The number of esters is 1. The summed E-state index contributed by atoms with van der Waals surface area (Å²) in [6.45, 7) is 6.31. The van der Waals surface area contributed by atoms with Crippen LogP contribution >= 0.6 is 0 Å². The van der Waals surface area contributed by atoms with Gasteiger partial charge in [0.1, 0.15) is 6.10 Å². The first-order valence-corrected chi connectivity index (χ1v) is 26.2. The maximum atomic E-state index is 13.2. The molecule has 0 saturated heterocycles. The number of hydrogen-bond donors (Lipinski definition) is 3. The molecule has 0 rings (SSSR count). The van der Waals surface area contributed by atoms with Crippen molar-refractivity contribution in [2.45, 2.75) is 264 Å². The molecule has 0 aliphatic rings. The summed E-state index contributed by atoms with van der Waals surface area (Å²) in [5.41, 5.74) is 0. The van der Waals surface area contributed by atoms with Crippen LogP contribution in [0, 0.1) is 0 Å². The first kappa shape index (κ1) is 59.3. The number of hydrogen-bond acceptors (Lipinski definition) is 5. The molecule has 6 heteroatoms. The van der Waals surface area contributed by atoms with E-state index in [0.29, 0.717) is 19.3 Å². The average Bonchev–Trinajstić information content (AvgIpc) is 3.26. The van der Waals surface area contributed by atoms with E-state index in [1.165, 1.54) is 103 Å². The fraction of sp³-hybridized carbons (Fsp3) is 0.750. The second-order valence-electron chi connectivity index (χ2n) is 17.6. The highest BCUT2D eigenvalue weighted by molar-refractivity contribution is 5.77. The van der Waals surface area contributed by atoms with Crippen LogP contribution in [0.3, 0.4) is 0 Å². The molecular formula is C56H99NO5. The Hall–Kier alpha value is -2.70. The minimum Gasteiger partial charge on any atom is -0.462 e. The van der Waals surface area contributed by atoms with E-state index in [1.807, 2.05) is 0 Å². The molecule has 1 amide bonds. The van der Waals surface area contributed by atoms with Gasteiger partial charge in [-0.2, -0.15) is 0 Å². The lowest BCUT2D eigenvalue weighted by Gasteiger charge is -2.24. The number of aliphatic hydroxyl groups is 2. The van der Waals surface area contributed by atoms with Gasteiger partial charge >= 0.3 is 5.97 Å². The largest absolute Gasteiger partial charge is 0.462 e. The van der Waals surface area contributed by atoms with Gasteiger partial charge in [-0.25, -0.2) is 0 Å². The van der Waals surface area contributed by atoms with Gasteiger partial charge in [-0.3, -0.25) is 9.59 Å². The Bertz CT molecular complexity index is 1150. The molecule has 3 unspecified atom stereocenters. The molecule has 0 aromatic rings. The Morgan fingerprint density at radius 2 is 0.935 bits per heavy atom. The first-order chi connectivity index (χ1) is 30.5. The quantitative estimate of drug-likeness (QED) is 0.0245. The monoisotopic (exact) mass is 866 g/mol. The van der Waals surface area contributed by atoms with Crippen LogP contribution in [-0.2, 0) is 14.3 Å². The molecule has 0 aromatic carbocycles. The van der Waals surface area contributed by atoms with Crippen molar-refractivity contribution in [3.05, 3.63) is 72.9 Å². The van der Waals surface area contributed by atoms with Crippen LogP contribution in [-0.4, -0.2) is 46.9 Å². The molecule has 0 aliphatic carbocycles. The zero-order valence-corrected chi connectivity index (χ0v) is 40.7. The zero-order chi connectivity index (χ0) is 45.2. The van der Waals surface area contributed by atoms with Gasteiger partial charge < -0.3 is 20.3 Å². The van der Waals surface area contributed by atoms with Crippen molar-refractivity contribution in [1.82, 2.24) is 5.32 Å². The third-order valence-electron chi connectivity index (χ3n) is 11.6. The number of aliphatic hydroxyl groups excluding tert-OH is 2.